The van der Waals surface area contributed by atoms with Crippen molar-refractivity contribution in [1.82, 2.24) is 10.3 Å². The Kier molecular flexibility index (Phi) is 3.64. The smallest absolute Gasteiger partial charge is 0.147 e. The second-order valence-corrected chi connectivity index (χ2v) is 5.98. The van der Waals surface area contributed by atoms with E-state index in [1.54, 1.807) is 0 Å². The zero-order chi connectivity index (χ0) is 12.5. The molecule has 3 rings (SSSR count). The molecule has 2 aliphatic heterocycles. The summed E-state index contributed by atoms with van der Waals surface area (Å²) in [6.07, 6.45) is 4.35. The summed E-state index contributed by atoms with van der Waals surface area (Å²) in [5, 5.41) is 4.42. The van der Waals surface area contributed by atoms with E-state index in [1.165, 1.54) is 19.4 Å². The normalized spacial score (nSPS) is 28.0. The first-order valence-corrected chi connectivity index (χ1v) is 7.26. The van der Waals surface area contributed by atoms with Crippen molar-refractivity contribution < 1.29 is 0 Å². The Morgan fingerprint density at radius 3 is 3.00 bits per heavy atom. The van der Waals surface area contributed by atoms with Crippen molar-refractivity contribution in [3.8, 4) is 0 Å². The number of aromatic nitrogens is 1. The van der Waals surface area contributed by atoms with Gasteiger partial charge in [0.05, 0.1) is 16.9 Å². The minimum absolute atomic E-state index is 0.386. The first-order valence-electron chi connectivity index (χ1n) is 6.51. The Balaban J connectivity index is 1.75. The first-order chi connectivity index (χ1) is 8.74. The predicted octanol–water partition coefficient (Wildman–Crippen LogP) is 2.82. The highest BCUT2D eigenvalue weighted by atomic mass is 35.5. The van der Waals surface area contributed by atoms with Gasteiger partial charge in [-0.3, -0.25) is 0 Å². The Morgan fingerprint density at radius 1 is 1.28 bits per heavy atom. The summed E-state index contributed by atoms with van der Waals surface area (Å²) in [4.78, 5) is 6.53. The summed E-state index contributed by atoms with van der Waals surface area (Å²) in [6.45, 7) is 4.53. The summed E-state index contributed by atoms with van der Waals surface area (Å²) in [7, 11) is 0. The molecule has 0 spiro atoms. The SMILES string of the molecule is Clc1cc(N2CC[C@@H]3CNCC[C@@H]3C2)cnc1Cl. The van der Waals surface area contributed by atoms with Gasteiger partial charge in [-0.2, -0.15) is 0 Å². The van der Waals surface area contributed by atoms with Crippen LogP contribution in [0.15, 0.2) is 12.3 Å². The Hall–Kier alpha value is -0.510. The van der Waals surface area contributed by atoms with Crippen molar-refractivity contribution >= 4 is 28.9 Å². The molecule has 5 heteroatoms. The number of pyridine rings is 1. The summed E-state index contributed by atoms with van der Waals surface area (Å²) in [6, 6.07) is 1.93. The lowest BCUT2D eigenvalue weighted by Gasteiger charge is -2.42. The van der Waals surface area contributed by atoms with Crippen LogP contribution in [-0.4, -0.2) is 31.2 Å². The Labute approximate surface area is 117 Å². The van der Waals surface area contributed by atoms with Crippen LogP contribution in [0.3, 0.4) is 0 Å². The molecule has 0 unspecified atom stereocenters. The van der Waals surface area contributed by atoms with Crippen LogP contribution in [0.4, 0.5) is 5.69 Å². The van der Waals surface area contributed by atoms with Crippen LogP contribution in [0.2, 0.25) is 10.2 Å². The molecule has 3 nitrogen and oxygen atoms in total. The van der Waals surface area contributed by atoms with Crippen molar-refractivity contribution in [3.05, 3.63) is 22.4 Å². The third-order valence-electron chi connectivity index (χ3n) is 4.14. The summed E-state index contributed by atoms with van der Waals surface area (Å²) in [5.74, 6) is 1.64. The molecule has 0 radical (unpaired) electrons. The third-order valence-corrected chi connectivity index (χ3v) is 4.82. The molecular formula is C13H17Cl2N3. The second kappa shape index (κ2) is 5.24. The van der Waals surface area contributed by atoms with Crippen molar-refractivity contribution in [1.29, 1.82) is 0 Å². The molecule has 0 aliphatic carbocycles. The second-order valence-electron chi connectivity index (χ2n) is 5.21. The minimum Gasteiger partial charge on any atom is -0.370 e. The number of nitrogens with zero attached hydrogens (tertiary/aromatic N) is 2. The number of rotatable bonds is 1. The molecule has 0 bridgehead atoms. The number of hydrogen-bond donors (Lipinski definition) is 1. The number of anilines is 1. The maximum Gasteiger partial charge on any atom is 0.147 e. The number of hydrogen-bond acceptors (Lipinski definition) is 3. The van der Waals surface area contributed by atoms with Crippen LogP contribution in [-0.2, 0) is 0 Å². The molecular weight excluding hydrogens is 269 g/mol. The number of piperidine rings is 2. The van der Waals surface area contributed by atoms with Crippen LogP contribution in [0.25, 0.3) is 0 Å². The highest BCUT2D eigenvalue weighted by molar-refractivity contribution is 6.41. The lowest BCUT2D eigenvalue weighted by atomic mass is 9.81. The zero-order valence-electron chi connectivity index (χ0n) is 10.2. The molecule has 0 aromatic carbocycles. The molecule has 2 atom stereocenters. The molecule has 18 heavy (non-hydrogen) atoms. The zero-order valence-corrected chi connectivity index (χ0v) is 11.7. The maximum absolute atomic E-state index is 6.04. The molecule has 98 valence electrons. The monoisotopic (exact) mass is 285 g/mol. The average molecular weight is 286 g/mol. The fourth-order valence-corrected chi connectivity index (χ4v) is 3.33. The van der Waals surface area contributed by atoms with E-state index < -0.39 is 0 Å². The molecule has 1 aromatic rings. The average Bonchev–Trinajstić information content (AvgIpc) is 2.41. The van der Waals surface area contributed by atoms with Gasteiger partial charge in [-0.05, 0) is 43.8 Å². The molecule has 2 saturated heterocycles. The van der Waals surface area contributed by atoms with Gasteiger partial charge < -0.3 is 10.2 Å². The lowest BCUT2D eigenvalue weighted by Crippen LogP contribution is -2.48. The van der Waals surface area contributed by atoms with Gasteiger partial charge in [0.15, 0.2) is 0 Å². The Morgan fingerprint density at radius 2 is 2.17 bits per heavy atom. The summed E-state index contributed by atoms with van der Waals surface area (Å²) in [5.41, 5.74) is 1.10. The van der Waals surface area contributed by atoms with Gasteiger partial charge >= 0.3 is 0 Å². The van der Waals surface area contributed by atoms with E-state index >= 15 is 0 Å². The largest absolute Gasteiger partial charge is 0.370 e. The maximum atomic E-state index is 6.04. The van der Waals surface area contributed by atoms with Crippen molar-refractivity contribution in [2.45, 2.75) is 12.8 Å². The molecule has 1 N–H and O–H groups in total. The minimum atomic E-state index is 0.386. The summed E-state index contributed by atoms with van der Waals surface area (Å²) < 4.78 is 0. The molecule has 3 heterocycles. The van der Waals surface area contributed by atoms with Crippen LogP contribution in [0.5, 0.6) is 0 Å². The highest BCUT2D eigenvalue weighted by Crippen LogP contribution is 2.32. The highest BCUT2D eigenvalue weighted by Gasteiger charge is 2.31. The van der Waals surface area contributed by atoms with Crippen LogP contribution in [0.1, 0.15) is 12.8 Å². The molecule has 2 aliphatic rings. The topological polar surface area (TPSA) is 28.2 Å². The van der Waals surface area contributed by atoms with Crippen LogP contribution < -0.4 is 10.2 Å². The van der Waals surface area contributed by atoms with Crippen molar-refractivity contribution in [2.24, 2.45) is 11.8 Å². The molecule has 1 aromatic heterocycles. The van der Waals surface area contributed by atoms with Gasteiger partial charge in [-0.15, -0.1) is 0 Å². The number of fused-ring (bicyclic) bond motifs is 1. The van der Waals surface area contributed by atoms with E-state index in [1.807, 2.05) is 12.3 Å². The number of nitrogens with one attached hydrogen (secondary N) is 1. The van der Waals surface area contributed by atoms with E-state index in [0.717, 1.165) is 37.2 Å². The van der Waals surface area contributed by atoms with Gasteiger partial charge in [0, 0.05) is 13.1 Å². The standard InChI is InChI=1S/C13H17Cl2N3/c14-12-5-11(7-17-13(12)15)18-4-2-9-6-16-3-1-10(9)8-18/h5,7,9-10,16H,1-4,6,8H2/t9-,10-/m1/s1. The molecule has 0 saturated carbocycles. The van der Waals surface area contributed by atoms with Gasteiger partial charge in [0.1, 0.15) is 5.15 Å². The molecule has 2 fully saturated rings. The van der Waals surface area contributed by atoms with Crippen molar-refractivity contribution in [3.63, 3.8) is 0 Å². The fourth-order valence-electron chi connectivity index (χ4n) is 3.07. The third kappa shape index (κ3) is 2.44. The predicted molar refractivity (Wildman–Crippen MR) is 75.6 cm³/mol. The Bertz CT molecular complexity index is 438. The van der Waals surface area contributed by atoms with E-state index in [2.05, 4.69) is 15.2 Å². The van der Waals surface area contributed by atoms with Gasteiger partial charge in [0.25, 0.3) is 0 Å². The van der Waals surface area contributed by atoms with Gasteiger partial charge in [-0.25, -0.2) is 4.98 Å². The first kappa shape index (κ1) is 12.5. The summed E-state index contributed by atoms with van der Waals surface area (Å²) >= 11 is 11.9. The van der Waals surface area contributed by atoms with Crippen LogP contribution in [0, 0.1) is 11.8 Å². The van der Waals surface area contributed by atoms with E-state index in [4.69, 9.17) is 23.2 Å². The van der Waals surface area contributed by atoms with Gasteiger partial charge in [0.2, 0.25) is 0 Å². The number of halogens is 2. The van der Waals surface area contributed by atoms with Crippen molar-refractivity contribution in [2.75, 3.05) is 31.1 Å². The fraction of sp³-hybridized carbons (Fsp3) is 0.615. The van der Waals surface area contributed by atoms with E-state index in [0.29, 0.717) is 10.2 Å². The van der Waals surface area contributed by atoms with E-state index in [9.17, 15) is 0 Å². The van der Waals surface area contributed by atoms with E-state index in [-0.39, 0.29) is 0 Å². The molecule has 0 amide bonds. The van der Waals surface area contributed by atoms with Gasteiger partial charge in [-0.1, -0.05) is 23.2 Å². The quantitative estimate of drug-likeness (QED) is 0.805. The lowest BCUT2D eigenvalue weighted by molar-refractivity contribution is 0.218. The van der Waals surface area contributed by atoms with Crippen LogP contribution >= 0.6 is 23.2 Å².